The Hall–Kier alpha value is -2.44. The average molecular weight is 404 g/mol. The van der Waals surface area contributed by atoms with Gasteiger partial charge in [-0.2, -0.15) is 0 Å². The highest BCUT2D eigenvalue weighted by atomic mass is 16.5. The zero-order chi connectivity index (χ0) is 21.2. The normalized spacial score (nSPS) is 16.3. The number of likely N-dealkylation sites (tertiary alicyclic amines) is 1. The van der Waals surface area contributed by atoms with Crippen LogP contribution in [-0.4, -0.2) is 62.8 Å². The Kier molecular flexibility index (Phi) is 9.09. The molecule has 29 heavy (non-hydrogen) atoms. The first-order chi connectivity index (χ1) is 14.1. The van der Waals surface area contributed by atoms with Gasteiger partial charge in [0.15, 0.2) is 11.5 Å². The number of hydrogen-bond acceptors (Lipinski definition) is 5. The molecule has 1 aromatic rings. The minimum Gasteiger partial charge on any atom is -0.493 e. The van der Waals surface area contributed by atoms with Crippen LogP contribution >= 0.6 is 0 Å². The van der Waals surface area contributed by atoms with Gasteiger partial charge in [0.2, 0.25) is 0 Å². The van der Waals surface area contributed by atoms with Gasteiger partial charge >= 0.3 is 0 Å². The Morgan fingerprint density at radius 2 is 2.10 bits per heavy atom. The number of methoxy groups -OCH3 is 2. The summed E-state index contributed by atoms with van der Waals surface area (Å²) in [6.07, 6.45) is 5.81. The number of nitrogens with zero attached hydrogens (tertiary/aromatic N) is 5. The van der Waals surface area contributed by atoms with E-state index in [9.17, 15) is 4.79 Å². The number of aryl methyl sites for hydroxylation is 1. The third-order valence-corrected chi connectivity index (χ3v) is 5.56. The molecule has 0 saturated carbocycles. The Morgan fingerprint density at radius 1 is 1.31 bits per heavy atom. The predicted octanol–water partition coefficient (Wildman–Crippen LogP) is 4.24. The van der Waals surface area contributed by atoms with Crippen LogP contribution in [0.1, 0.15) is 54.9 Å². The summed E-state index contributed by atoms with van der Waals surface area (Å²) >= 11 is 0. The molecule has 1 fully saturated rings. The van der Waals surface area contributed by atoms with Crippen LogP contribution in [0.4, 0.5) is 0 Å². The first-order valence-corrected chi connectivity index (χ1v) is 10.3. The van der Waals surface area contributed by atoms with E-state index in [0.717, 1.165) is 57.2 Å². The maximum Gasteiger partial charge on any atom is 0.258 e. The van der Waals surface area contributed by atoms with Gasteiger partial charge < -0.3 is 14.4 Å². The second kappa shape index (κ2) is 11.5. The zero-order valence-electron chi connectivity index (χ0n) is 18.1. The van der Waals surface area contributed by atoms with Crippen LogP contribution < -0.4 is 9.47 Å². The van der Waals surface area contributed by atoms with Crippen molar-refractivity contribution in [2.75, 3.05) is 40.9 Å². The van der Waals surface area contributed by atoms with Gasteiger partial charge in [-0.15, -0.1) is 0 Å². The number of rotatable bonds is 11. The molecular weight excluding hydrogens is 370 g/mol. The van der Waals surface area contributed by atoms with E-state index < -0.39 is 0 Å². The fraction of sp³-hybridized carbons (Fsp3) is 0.667. The maximum atomic E-state index is 13.4. The molecule has 160 valence electrons. The van der Waals surface area contributed by atoms with Gasteiger partial charge in [0.1, 0.15) is 0 Å². The summed E-state index contributed by atoms with van der Waals surface area (Å²) in [5, 5.41) is 3.56. The van der Waals surface area contributed by atoms with Gasteiger partial charge in [0, 0.05) is 25.0 Å². The first-order valence-electron chi connectivity index (χ1n) is 10.3. The second-order valence-corrected chi connectivity index (χ2v) is 7.31. The fourth-order valence-corrected chi connectivity index (χ4v) is 4.00. The number of ether oxygens (including phenoxy) is 2. The molecule has 0 unspecified atom stereocenters. The Labute approximate surface area is 173 Å². The molecule has 0 spiro atoms. The van der Waals surface area contributed by atoms with Crippen LogP contribution in [0.15, 0.2) is 17.2 Å². The van der Waals surface area contributed by atoms with Crippen LogP contribution in [0.3, 0.4) is 0 Å². The fourth-order valence-electron chi connectivity index (χ4n) is 4.00. The lowest BCUT2D eigenvalue weighted by atomic mass is 10.0. The van der Waals surface area contributed by atoms with Crippen LogP contribution in [0.25, 0.3) is 10.4 Å². The van der Waals surface area contributed by atoms with Gasteiger partial charge in [-0.25, -0.2) is 0 Å². The number of amides is 1. The van der Waals surface area contributed by atoms with E-state index >= 15 is 0 Å². The van der Waals surface area contributed by atoms with E-state index in [4.69, 9.17) is 15.0 Å². The first kappa shape index (κ1) is 22.8. The van der Waals surface area contributed by atoms with Crippen molar-refractivity contribution >= 4 is 5.91 Å². The number of hydrogen-bond donors (Lipinski definition) is 0. The minimum atomic E-state index is -0.0456. The molecule has 1 amide bonds. The second-order valence-electron chi connectivity index (χ2n) is 7.31. The molecule has 0 aliphatic carbocycles. The summed E-state index contributed by atoms with van der Waals surface area (Å²) in [5.41, 5.74) is 9.93. The van der Waals surface area contributed by atoms with E-state index in [1.165, 1.54) is 0 Å². The summed E-state index contributed by atoms with van der Waals surface area (Å²) in [4.78, 5) is 20.3. The van der Waals surface area contributed by atoms with Crippen molar-refractivity contribution in [3.8, 4) is 11.5 Å². The van der Waals surface area contributed by atoms with Crippen molar-refractivity contribution in [3.63, 3.8) is 0 Å². The molecule has 1 aliphatic heterocycles. The van der Waals surface area contributed by atoms with Gasteiger partial charge in [-0.1, -0.05) is 18.5 Å². The number of unbranched alkanes of at least 4 members (excludes halogenated alkanes) is 2. The maximum absolute atomic E-state index is 13.4. The molecule has 1 heterocycles. The summed E-state index contributed by atoms with van der Waals surface area (Å²) in [6, 6.07) is 3.87. The third-order valence-electron chi connectivity index (χ3n) is 5.56. The number of carbonyl (C=O) groups is 1. The molecule has 1 aromatic carbocycles. The topological polar surface area (TPSA) is 90.8 Å². The molecular formula is C21H33N5O3. The summed E-state index contributed by atoms with van der Waals surface area (Å²) < 4.78 is 11.1. The van der Waals surface area contributed by atoms with Crippen molar-refractivity contribution in [1.29, 1.82) is 0 Å². The number of carbonyl (C=O) groups excluding carboxylic acids is 1. The zero-order valence-corrected chi connectivity index (χ0v) is 18.1. The van der Waals surface area contributed by atoms with Gasteiger partial charge in [0.25, 0.3) is 5.91 Å². The van der Waals surface area contributed by atoms with Crippen LogP contribution in [-0.2, 0) is 6.42 Å². The molecule has 1 saturated heterocycles. The molecule has 8 nitrogen and oxygen atoms in total. The molecule has 8 heteroatoms. The van der Waals surface area contributed by atoms with Crippen molar-refractivity contribution in [2.45, 2.75) is 51.6 Å². The van der Waals surface area contributed by atoms with Crippen molar-refractivity contribution in [2.24, 2.45) is 5.11 Å². The molecule has 1 atom stereocenters. The summed E-state index contributed by atoms with van der Waals surface area (Å²) in [5.74, 6) is 1.02. The minimum absolute atomic E-state index is 0.0456. The van der Waals surface area contributed by atoms with Crippen molar-refractivity contribution < 1.29 is 14.3 Å². The predicted molar refractivity (Wildman–Crippen MR) is 113 cm³/mol. The monoisotopic (exact) mass is 403 g/mol. The van der Waals surface area contributed by atoms with E-state index in [2.05, 4.69) is 21.8 Å². The third kappa shape index (κ3) is 5.78. The van der Waals surface area contributed by atoms with Crippen LogP contribution in [0.2, 0.25) is 0 Å². The number of benzene rings is 1. The van der Waals surface area contributed by atoms with Gasteiger partial charge in [-0.05, 0) is 61.9 Å². The highest BCUT2D eigenvalue weighted by molar-refractivity contribution is 5.98. The molecule has 0 radical (unpaired) electrons. The highest BCUT2D eigenvalue weighted by Gasteiger charge is 2.31. The molecule has 0 N–H and O–H groups in total. The van der Waals surface area contributed by atoms with Crippen molar-refractivity contribution in [1.82, 2.24) is 9.80 Å². The van der Waals surface area contributed by atoms with E-state index in [0.29, 0.717) is 23.6 Å². The lowest BCUT2D eigenvalue weighted by Gasteiger charge is -2.32. The summed E-state index contributed by atoms with van der Waals surface area (Å²) in [6.45, 7) is 4.60. The van der Waals surface area contributed by atoms with E-state index in [-0.39, 0.29) is 12.1 Å². The lowest BCUT2D eigenvalue weighted by molar-refractivity contribution is 0.0543. The largest absolute Gasteiger partial charge is 0.493 e. The SMILES string of the molecule is CCN1CCC[C@@H]1N(C)C(=O)c1cc(CCCCCN=[N+]=[N-])cc(OC)c1OC. The number of azide groups is 1. The van der Waals surface area contributed by atoms with E-state index in [1.54, 1.807) is 14.2 Å². The molecule has 0 aromatic heterocycles. The molecule has 2 rings (SSSR count). The Bertz CT molecular complexity index is 733. The van der Waals surface area contributed by atoms with Gasteiger partial charge in [0.05, 0.1) is 25.9 Å². The Balaban J connectivity index is 2.19. The van der Waals surface area contributed by atoms with Crippen LogP contribution in [0.5, 0.6) is 11.5 Å². The van der Waals surface area contributed by atoms with Crippen LogP contribution in [0, 0.1) is 0 Å². The smallest absolute Gasteiger partial charge is 0.258 e. The Morgan fingerprint density at radius 3 is 2.76 bits per heavy atom. The van der Waals surface area contributed by atoms with Gasteiger partial charge in [-0.3, -0.25) is 9.69 Å². The lowest BCUT2D eigenvalue weighted by Crippen LogP contribution is -2.45. The standard InChI is InChI=1S/C21H33N5O3/c1-5-26-13-9-11-19(26)25(2)21(27)17-14-16(10-7-6-8-12-23-24-22)15-18(28-3)20(17)29-4/h14-15,19H,5-13H2,1-4H3/t19-/m1/s1. The summed E-state index contributed by atoms with van der Waals surface area (Å²) in [7, 11) is 5.03. The highest BCUT2D eigenvalue weighted by Crippen LogP contribution is 2.35. The van der Waals surface area contributed by atoms with Crippen molar-refractivity contribution in [3.05, 3.63) is 33.7 Å². The molecule has 0 bridgehead atoms. The average Bonchev–Trinajstić information content (AvgIpc) is 3.23. The van der Waals surface area contributed by atoms with E-state index in [1.807, 2.05) is 24.1 Å². The quantitative estimate of drug-likeness (QED) is 0.239. The molecule has 1 aliphatic rings.